The van der Waals surface area contributed by atoms with Crippen molar-refractivity contribution in [3.63, 3.8) is 0 Å². The molecular formula is C21H26N2O4S. The molecule has 2 heterocycles. The number of methoxy groups -OCH3 is 2. The lowest BCUT2D eigenvalue weighted by Crippen LogP contribution is -2.54. The second-order valence-corrected chi connectivity index (χ2v) is 8.06. The van der Waals surface area contributed by atoms with Crippen LogP contribution in [0.4, 0.5) is 0 Å². The molecule has 1 fully saturated rings. The summed E-state index contributed by atoms with van der Waals surface area (Å²) in [6.07, 6.45) is 1.62. The Labute approximate surface area is 169 Å². The first kappa shape index (κ1) is 20.2. The van der Waals surface area contributed by atoms with E-state index in [2.05, 4.69) is 5.32 Å². The predicted octanol–water partition coefficient (Wildman–Crippen LogP) is 3.01. The van der Waals surface area contributed by atoms with Crippen molar-refractivity contribution < 1.29 is 19.1 Å². The molecule has 0 unspecified atom stereocenters. The van der Waals surface area contributed by atoms with Crippen LogP contribution in [0.2, 0.25) is 0 Å². The van der Waals surface area contributed by atoms with Crippen LogP contribution in [0.3, 0.4) is 0 Å². The third-order valence-electron chi connectivity index (χ3n) is 5.25. The molecular weight excluding hydrogens is 376 g/mol. The summed E-state index contributed by atoms with van der Waals surface area (Å²) >= 11 is 1.60. The van der Waals surface area contributed by atoms with Crippen LogP contribution in [0, 0.1) is 0 Å². The van der Waals surface area contributed by atoms with Crippen LogP contribution in [-0.4, -0.2) is 43.0 Å². The molecule has 150 valence electrons. The normalized spacial score (nSPS) is 19.0. The third-order valence-corrected chi connectivity index (χ3v) is 6.11. The summed E-state index contributed by atoms with van der Waals surface area (Å²) in [5.74, 6) is 1.28. The summed E-state index contributed by atoms with van der Waals surface area (Å²) in [7, 11) is 3.20. The number of nitrogens with zero attached hydrogens (tertiary/aromatic N) is 1. The molecule has 1 aromatic heterocycles. The largest absolute Gasteiger partial charge is 0.493 e. The molecule has 1 aromatic carbocycles. The second kappa shape index (κ2) is 8.65. The van der Waals surface area contributed by atoms with Crippen LogP contribution in [0.1, 0.15) is 30.2 Å². The Kier molecular flexibility index (Phi) is 6.24. The number of amides is 2. The molecule has 2 aromatic rings. The van der Waals surface area contributed by atoms with Gasteiger partial charge < -0.3 is 19.7 Å². The fourth-order valence-corrected chi connectivity index (χ4v) is 4.19. The van der Waals surface area contributed by atoms with Gasteiger partial charge in [0.15, 0.2) is 11.5 Å². The maximum atomic E-state index is 12.9. The average molecular weight is 403 g/mol. The summed E-state index contributed by atoms with van der Waals surface area (Å²) in [6, 6.07) is 9.68. The lowest BCUT2D eigenvalue weighted by atomic mass is 9.97. The van der Waals surface area contributed by atoms with Gasteiger partial charge in [0, 0.05) is 17.8 Å². The maximum Gasteiger partial charge on any atom is 0.245 e. The summed E-state index contributed by atoms with van der Waals surface area (Å²) in [5.41, 5.74) is 0.236. The van der Waals surface area contributed by atoms with Crippen LogP contribution in [-0.2, 0) is 22.6 Å². The Bertz CT molecular complexity index is 837. The number of hydrogen-bond donors (Lipinski definition) is 1. The molecule has 3 rings (SSSR count). The molecule has 6 nitrogen and oxygen atoms in total. The standard InChI is InChI=1S/C21H26N2O4S/c1-21(10-8-19(24)23(21)14-16-5-4-12-28-16)20(25)22-11-9-15-6-7-17(26-2)18(13-15)27-3/h4-7,12-13H,8-11,14H2,1-3H3,(H,22,25)/t21-/m1/s1. The van der Waals surface area contributed by atoms with E-state index in [1.165, 1.54) is 0 Å². The van der Waals surface area contributed by atoms with Crippen LogP contribution in [0.5, 0.6) is 11.5 Å². The second-order valence-electron chi connectivity index (χ2n) is 7.03. The maximum absolute atomic E-state index is 12.9. The molecule has 1 aliphatic rings. The van der Waals surface area contributed by atoms with Gasteiger partial charge in [-0.1, -0.05) is 12.1 Å². The predicted molar refractivity (Wildman–Crippen MR) is 109 cm³/mol. The van der Waals surface area contributed by atoms with Crippen LogP contribution in [0.25, 0.3) is 0 Å². The Morgan fingerprint density at radius 3 is 2.71 bits per heavy atom. The van der Waals surface area contributed by atoms with E-state index in [1.54, 1.807) is 30.5 Å². The Morgan fingerprint density at radius 1 is 1.25 bits per heavy atom. The van der Waals surface area contributed by atoms with Gasteiger partial charge >= 0.3 is 0 Å². The van der Waals surface area contributed by atoms with Crippen molar-refractivity contribution in [2.45, 2.75) is 38.3 Å². The Morgan fingerprint density at radius 2 is 2.04 bits per heavy atom. The van der Waals surface area contributed by atoms with Gasteiger partial charge in [-0.05, 0) is 48.9 Å². The Hall–Kier alpha value is -2.54. The highest BCUT2D eigenvalue weighted by Gasteiger charge is 2.47. The molecule has 1 aliphatic heterocycles. The monoisotopic (exact) mass is 402 g/mol. The smallest absolute Gasteiger partial charge is 0.245 e. The molecule has 0 saturated carbocycles. The minimum Gasteiger partial charge on any atom is -0.493 e. The highest BCUT2D eigenvalue weighted by Crippen LogP contribution is 2.33. The van der Waals surface area contributed by atoms with Crippen molar-refractivity contribution in [1.82, 2.24) is 10.2 Å². The van der Waals surface area contributed by atoms with E-state index >= 15 is 0 Å². The molecule has 0 radical (unpaired) electrons. The first-order chi connectivity index (χ1) is 13.5. The topological polar surface area (TPSA) is 67.9 Å². The number of ether oxygens (including phenoxy) is 2. The van der Waals surface area contributed by atoms with Gasteiger partial charge in [-0.3, -0.25) is 9.59 Å². The van der Waals surface area contributed by atoms with E-state index < -0.39 is 5.54 Å². The number of rotatable bonds is 8. The quantitative estimate of drug-likeness (QED) is 0.737. The van der Waals surface area contributed by atoms with E-state index in [9.17, 15) is 9.59 Å². The molecule has 1 atom stereocenters. The van der Waals surface area contributed by atoms with E-state index in [-0.39, 0.29) is 11.8 Å². The van der Waals surface area contributed by atoms with Gasteiger partial charge in [0.2, 0.25) is 11.8 Å². The molecule has 2 amide bonds. The molecule has 0 spiro atoms. The lowest BCUT2D eigenvalue weighted by Gasteiger charge is -2.33. The highest BCUT2D eigenvalue weighted by atomic mass is 32.1. The zero-order chi connectivity index (χ0) is 20.1. The van der Waals surface area contributed by atoms with Gasteiger partial charge in [0.1, 0.15) is 5.54 Å². The van der Waals surface area contributed by atoms with Gasteiger partial charge in [-0.2, -0.15) is 0 Å². The van der Waals surface area contributed by atoms with E-state index in [1.807, 2.05) is 42.6 Å². The van der Waals surface area contributed by atoms with Gasteiger partial charge in [-0.15, -0.1) is 11.3 Å². The zero-order valence-corrected chi connectivity index (χ0v) is 17.3. The lowest BCUT2D eigenvalue weighted by molar-refractivity contribution is -0.141. The van der Waals surface area contributed by atoms with Crippen molar-refractivity contribution in [3.8, 4) is 11.5 Å². The molecule has 0 aliphatic carbocycles. The van der Waals surface area contributed by atoms with Crippen molar-refractivity contribution in [2.75, 3.05) is 20.8 Å². The summed E-state index contributed by atoms with van der Waals surface area (Å²) in [6.45, 7) is 2.83. The van der Waals surface area contributed by atoms with E-state index in [4.69, 9.17) is 9.47 Å². The van der Waals surface area contributed by atoms with Gasteiger partial charge in [0.05, 0.1) is 20.8 Å². The molecule has 7 heteroatoms. The number of likely N-dealkylation sites (tertiary alicyclic amines) is 1. The van der Waals surface area contributed by atoms with Gasteiger partial charge in [0.25, 0.3) is 0 Å². The highest BCUT2D eigenvalue weighted by molar-refractivity contribution is 7.09. The number of carbonyl (C=O) groups is 2. The third kappa shape index (κ3) is 4.14. The number of nitrogens with one attached hydrogen (secondary N) is 1. The van der Waals surface area contributed by atoms with Crippen molar-refractivity contribution in [1.29, 1.82) is 0 Å². The first-order valence-corrected chi connectivity index (χ1v) is 10.2. The van der Waals surface area contributed by atoms with Crippen LogP contribution in [0.15, 0.2) is 35.7 Å². The zero-order valence-electron chi connectivity index (χ0n) is 16.5. The van der Waals surface area contributed by atoms with E-state index in [0.717, 1.165) is 10.4 Å². The summed E-state index contributed by atoms with van der Waals surface area (Å²) in [5, 5.41) is 4.99. The van der Waals surface area contributed by atoms with Crippen molar-refractivity contribution in [2.24, 2.45) is 0 Å². The van der Waals surface area contributed by atoms with Crippen LogP contribution < -0.4 is 14.8 Å². The fourth-order valence-electron chi connectivity index (χ4n) is 3.50. The minimum absolute atomic E-state index is 0.0333. The SMILES string of the molecule is COc1ccc(CCNC(=O)[C@@]2(C)CCC(=O)N2Cc2cccs2)cc1OC. The first-order valence-electron chi connectivity index (χ1n) is 9.30. The summed E-state index contributed by atoms with van der Waals surface area (Å²) < 4.78 is 10.6. The number of hydrogen-bond acceptors (Lipinski definition) is 5. The molecule has 28 heavy (non-hydrogen) atoms. The number of benzene rings is 1. The molecule has 1 N–H and O–H groups in total. The minimum atomic E-state index is -0.807. The number of carbonyl (C=O) groups excluding carboxylic acids is 2. The van der Waals surface area contributed by atoms with E-state index in [0.29, 0.717) is 43.9 Å². The van der Waals surface area contributed by atoms with Crippen molar-refractivity contribution >= 4 is 23.2 Å². The van der Waals surface area contributed by atoms with Gasteiger partial charge in [-0.25, -0.2) is 0 Å². The van der Waals surface area contributed by atoms with Crippen LogP contribution >= 0.6 is 11.3 Å². The summed E-state index contributed by atoms with van der Waals surface area (Å²) in [4.78, 5) is 28.1. The molecule has 0 bridgehead atoms. The fraction of sp³-hybridized carbons (Fsp3) is 0.429. The van der Waals surface area contributed by atoms with Crippen molar-refractivity contribution in [3.05, 3.63) is 46.2 Å². The number of thiophene rings is 1. The average Bonchev–Trinajstić information content (AvgIpc) is 3.32. The molecule has 1 saturated heterocycles. The Balaban J connectivity index is 1.61.